The zero-order chi connectivity index (χ0) is 18.6. The maximum absolute atomic E-state index is 12.7. The largest absolute Gasteiger partial charge is 0.326 e. The van der Waals surface area contributed by atoms with Gasteiger partial charge in [0.1, 0.15) is 0 Å². The molecule has 0 spiro atoms. The number of aryl methyl sites for hydroxylation is 1. The molecule has 1 unspecified atom stereocenters. The lowest BCUT2D eigenvalue weighted by atomic mass is 10.1. The van der Waals surface area contributed by atoms with Crippen LogP contribution in [0.2, 0.25) is 5.02 Å². The highest BCUT2D eigenvalue weighted by Crippen LogP contribution is 2.24. The van der Waals surface area contributed by atoms with Gasteiger partial charge in [0.15, 0.2) is 0 Å². The fourth-order valence-electron chi connectivity index (χ4n) is 2.18. The summed E-state index contributed by atoms with van der Waals surface area (Å²) in [7, 11) is -3.80. The van der Waals surface area contributed by atoms with Crippen molar-refractivity contribution in [3.05, 3.63) is 53.1 Å². The Morgan fingerprint density at radius 2 is 1.88 bits per heavy atom. The number of halogens is 1. The van der Waals surface area contributed by atoms with Gasteiger partial charge in [0.05, 0.1) is 10.6 Å². The molecule has 2 rings (SSSR count). The van der Waals surface area contributed by atoms with Crippen molar-refractivity contribution in [2.75, 3.05) is 10.0 Å². The molecule has 7 heteroatoms. The lowest BCUT2D eigenvalue weighted by molar-refractivity contribution is -0.119. The van der Waals surface area contributed by atoms with Crippen LogP contribution in [0.3, 0.4) is 0 Å². The Kier molecular flexibility index (Phi) is 6.08. The average Bonchev–Trinajstić information content (AvgIpc) is 2.55. The maximum Gasteiger partial charge on any atom is 0.262 e. The summed E-state index contributed by atoms with van der Waals surface area (Å²) < 4.78 is 27.9. The highest BCUT2D eigenvalue weighted by molar-refractivity contribution is 7.92. The quantitative estimate of drug-likeness (QED) is 0.778. The zero-order valence-corrected chi connectivity index (χ0v) is 15.9. The predicted octanol–water partition coefficient (Wildman–Crippen LogP) is 4.43. The average molecular weight is 381 g/mol. The molecule has 25 heavy (non-hydrogen) atoms. The molecule has 134 valence electrons. The van der Waals surface area contributed by atoms with Gasteiger partial charge in [-0.3, -0.25) is 9.52 Å². The van der Waals surface area contributed by atoms with Crippen molar-refractivity contribution in [3.63, 3.8) is 0 Å². The van der Waals surface area contributed by atoms with Gasteiger partial charge in [0, 0.05) is 16.6 Å². The summed E-state index contributed by atoms with van der Waals surface area (Å²) in [6, 6.07) is 11.3. The first-order valence-corrected chi connectivity index (χ1v) is 9.79. The van der Waals surface area contributed by atoms with Crippen molar-refractivity contribution in [2.24, 2.45) is 5.92 Å². The first kappa shape index (κ1) is 19.3. The van der Waals surface area contributed by atoms with Crippen molar-refractivity contribution in [1.29, 1.82) is 0 Å². The van der Waals surface area contributed by atoms with Gasteiger partial charge in [-0.25, -0.2) is 8.42 Å². The Morgan fingerprint density at radius 3 is 2.52 bits per heavy atom. The number of anilines is 2. The van der Waals surface area contributed by atoms with E-state index in [0.717, 1.165) is 0 Å². The van der Waals surface area contributed by atoms with Crippen LogP contribution in [0.4, 0.5) is 11.4 Å². The Hall–Kier alpha value is -2.05. The van der Waals surface area contributed by atoms with Crippen LogP contribution in [0, 0.1) is 12.8 Å². The molecule has 0 saturated carbocycles. The molecule has 0 aliphatic heterocycles. The molecular weight excluding hydrogens is 360 g/mol. The molecule has 2 aromatic rings. The van der Waals surface area contributed by atoms with Gasteiger partial charge in [-0.15, -0.1) is 0 Å². The Labute approximate surface area is 153 Å². The molecule has 0 aromatic heterocycles. The number of hydrogen-bond donors (Lipinski definition) is 2. The smallest absolute Gasteiger partial charge is 0.262 e. The summed E-state index contributed by atoms with van der Waals surface area (Å²) in [4.78, 5) is 12.1. The summed E-state index contributed by atoms with van der Waals surface area (Å²) in [5, 5.41) is 3.19. The van der Waals surface area contributed by atoms with Crippen LogP contribution in [-0.2, 0) is 14.8 Å². The van der Waals surface area contributed by atoms with Crippen LogP contribution >= 0.6 is 11.6 Å². The number of nitrogens with one attached hydrogen (secondary N) is 2. The van der Waals surface area contributed by atoms with E-state index in [4.69, 9.17) is 11.6 Å². The topological polar surface area (TPSA) is 75.3 Å². The van der Waals surface area contributed by atoms with E-state index in [1.54, 1.807) is 37.3 Å². The third kappa shape index (κ3) is 4.96. The highest BCUT2D eigenvalue weighted by Gasteiger charge is 2.19. The zero-order valence-electron chi connectivity index (χ0n) is 14.3. The number of carbonyl (C=O) groups is 1. The van der Waals surface area contributed by atoms with E-state index in [1.807, 2.05) is 13.8 Å². The molecule has 0 bridgehead atoms. The molecule has 0 saturated heterocycles. The first-order chi connectivity index (χ1) is 11.7. The summed E-state index contributed by atoms with van der Waals surface area (Å²) in [5.74, 6) is -0.288. The number of amides is 1. The standard InChI is InChI=1S/C18H21ClN2O3S/c1-4-12(2)18(22)20-15-9-8-13(3)17(11-15)25(23,24)21-16-7-5-6-14(19)10-16/h5-12,21H,4H2,1-3H3,(H,20,22). The van der Waals surface area contributed by atoms with E-state index >= 15 is 0 Å². The Morgan fingerprint density at radius 1 is 1.16 bits per heavy atom. The van der Waals surface area contributed by atoms with Gasteiger partial charge in [-0.05, 0) is 49.2 Å². The van der Waals surface area contributed by atoms with Crippen molar-refractivity contribution in [3.8, 4) is 0 Å². The predicted molar refractivity (Wildman–Crippen MR) is 102 cm³/mol. The van der Waals surface area contributed by atoms with E-state index in [9.17, 15) is 13.2 Å². The van der Waals surface area contributed by atoms with Crippen LogP contribution in [0.15, 0.2) is 47.4 Å². The van der Waals surface area contributed by atoms with Gasteiger partial charge in [-0.2, -0.15) is 0 Å². The SMILES string of the molecule is CCC(C)C(=O)Nc1ccc(C)c(S(=O)(=O)Nc2cccc(Cl)c2)c1. The fraction of sp³-hybridized carbons (Fsp3) is 0.278. The lowest BCUT2D eigenvalue weighted by Gasteiger charge is -2.14. The number of sulfonamides is 1. The second kappa shape index (κ2) is 7.89. The maximum atomic E-state index is 12.7. The molecule has 1 atom stereocenters. The minimum absolute atomic E-state index is 0.106. The molecule has 2 aromatic carbocycles. The van der Waals surface area contributed by atoms with E-state index in [2.05, 4.69) is 10.0 Å². The van der Waals surface area contributed by atoms with Gasteiger partial charge < -0.3 is 5.32 Å². The lowest BCUT2D eigenvalue weighted by Crippen LogP contribution is -2.20. The second-order valence-electron chi connectivity index (χ2n) is 5.89. The molecule has 1 amide bonds. The van der Waals surface area contributed by atoms with Crippen molar-refractivity contribution in [1.82, 2.24) is 0 Å². The van der Waals surface area contributed by atoms with Gasteiger partial charge in [-0.1, -0.05) is 37.6 Å². The molecule has 0 heterocycles. The fourth-order valence-corrected chi connectivity index (χ4v) is 3.69. The molecular formula is C18H21ClN2O3S. The first-order valence-electron chi connectivity index (χ1n) is 7.93. The van der Waals surface area contributed by atoms with E-state index in [1.165, 1.54) is 12.1 Å². The number of rotatable bonds is 6. The molecule has 5 nitrogen and oxygen atoms in total. The van der Waals surface area contributed by atoms with E-state index in [-0.39, 0.29) is 16.7 Å². The summed E-state index contributed by atoms with van der Waals surface area (Å²) >= 11 is 5.89. The monoisotopic (exact) mass is 380 g/mol. The van der Waals surface area contributed by atoms with Crippen molar-refractivity contribution < 1.29 is 13.2 Å². The van der Waals surface area contributed by atoms with Gasteiger partial charge in [0.25, 0.3) is 10.0 Å². The number of hydrogen-bond acceptors (Lipinski definition) is 3. The van der Waals surface area contributed by atoms with E-state index < -0.39 is 10.0 Å². The normalized spacial score (nSPS) is 12.5. The number of benzene rings is 2. The van der Waals surface area contributed by atoms with Crippen molar-refractivity contribution in [2.45, 2.75) is 32.1 Å². The van der Waals surface area contributed by atoms with Gasteiger partial charge >= 0.3 is 0 Å². The van der Waals surface area contributed by atoms with Crippen LogP contribution < -0.4 is 10.0 Å². The van der Waals surface area contributed by atoms with Crippen LogP contribution in [0.1, 0.15) is 25.8 Å². The third-order valence-corrected chi connectivity index (χ3v) is 5.64. The van der Waals surface area contributed by atoms with Gasteiger partial charge in [0.2, 0.25) is 5.91 Å². The molecule has 0 fully saturated rings. The second-order valence-corrected chi connectivity index (χ2v) is 7.98. The minimum atomic E-state index is -3.80. The minimum Gasteiger partial charge on any atom is -0.326 e. The summed E-state index contributed by atoms with van der Waals surface area (Å²) in [6.07, 6.45) is 0.708. The summed E-state index contributed by atoms with van der Waals surface area (Å²) in [6.45, 7) is 5.44. The number of carbonyl (C=O) groups excluding carboxylic acids is 1. The van der Waals surface area contributed by atoms with Crippen LogP contribution in [0.25, 0.3) is 0 Å². The molecule has 0 aliphatic rings. The van der Waals surface area contributed by atoms with Crippen molar-refractivity contribution >= 4 is 38.9 Å². The van der Waals surface area contributed by atoms with Crippen LogP contribution in [0.5, 0.6) is 0 Å². The Bertz CT molecular complexity index is 882. The molecule has 0 aliphatic carbocycles. The third-order valence-electron chi connectivity index (χ3n) is 3.88. The Balaban J connectivity index is 2.31. The molecule has 2 N–H and O–H groups in total. The van der Waals surface area contributed by atoms with E-state index in [0.29, 0.717) is 28.4 Å². The molecule has 0 radical (unpaired) electrons. The summed E-state index contributed by atoms with van der Waals surface area (Å²) in [5.41, 5.74) is 1.40. The van der Waals surface area contributed by atoms with Crippen LogP contribution in [-0.4, -0.2) is 14.3 Å². The highest BCUT2D eigenvalue weighted by atomic mass is 35.5.